The van der Waals surface area contributed by atoms with Crippen LogP contribution >= 0.6 is 0 Å². The van der Waals surface area contributed by atoms with Crippen LogP contribution < -0.4 is 0 Å². The summed E-state index contributed by atoms with van der Waals surface area (Å²) in [4.78, 5) is 13.7. The van der Waals surface area contributed by atoms with E-state index in [1.54, 1.807) is 6.20 Å². The maximum Gasteiger partial charge on any atom is 0.216 e. The van der Waals surface area contributed by atoms with Crippen molar-refractivity contribution in [3.63, 3.8) is 0 Å². The number of para-hydroxylation sites is 1. The molecule has 1 aliphatic heterocycles. The van der Waals surface area contributed by atoms with Crippen LogP contribution in [0.4, 0.5) is 0 Å². The average molecular weight is 711 g/mol. The summed E-state index contributed by atoms with van der Waals surface area (Å²) in [5.41, 5.74) is 10.1. The molecule has 203 valence electrons. The number of hydrogen-bond acceptors (Lipinski definition) is 4. The molecule has 0 amide bonds. The summed E-state index contributed by atoms with van der Waals surface area (Å²) in [5, 5.41) is 2.07. The van der Waals surface area contributed by atoms with Crippen LogP contribution in [0.5, 0.6) is 0 Å². The van der Waals surface area contributed by atoms with Gasteiger partial charge >= 0.3 is 0 Å². The van der Waals surface area contributed by atoms with Crippen molar-refractivity contribution in [1.82, 2.24) is 19.5 Å². The Labute approximate surface area is 251 Å². The number of pyridine rings is 2. The normalized spacial score (nSPS) is 13.9. The predicted octanol–water partition coefficient (Wildman–Crippen LogP) is 8.63. The Morgan fingerprint density at radius 2 is 1.71 bits per heavy atom. The second kappa shape index (κ2) is 10.9. The smallest absolute Gasteiger partial charge is 0.216 e. The van der Waals surface area contributed by atoms with Gasteiger partial charge in [-0.1, -0.05) is 41.3 Å². The number of allylic oxidation sites excluding steroid dienone is 2. The molecule has 0 spiro atoms. The van der Waals surface area contributed by atoms with Crippen LogP contribution in [-0.2, 0) is 20.1 Å². The molecule has 1 radical (unpaired) electrons. The number of benzene rings is 3. The van der Waals surface area contributed by atoms with E-state index in [0.29, 0.717) is 11.8 Å². The number of aryl methyl sites for hydroxylation is 1. The van der Waals surface area contributed by atoms with Gasteiger partial charge in [-0.3, -0.25) is 4.98 Å². The second-order valence-corrected chi connectivity index (χ2v) is 10.1. The summed E-state index contributed by atoms with van der Waals surface area (Å²) in [6, 6.07) is 35.0. The van der Waals surface area contributed by atoms with Crippen LogP contribution in [0.2, 0.25) is 0 Å². The van der Waals surface area contributed by atoms with Crippen LogP contribution in [0.15, 0.2) is 102 Å². The number of furan rings is 1. The molecule has 0 bridgehead atoms. The molecule has 4 aromatic heterocycles. The summed E-state index contributed by atoms with van der Waals surface area (Å²) < 4.78 is 8.26. The third kappa shape index (κ3) is 4.69. The van der Waals surface area contributed by atoms with E-state index in [1.165, 1.54) is 16.7 Å². The van der Waals surface area contributed by atoms with Crippen molar-refractivity contribution >= 4 is 38.7 Å². The SMILES string of the molecule is CC1=CC(C)n2c(-c3[c-]cccc3)nc3cccc1c32.Cc1ccc2c(n1)oc1c(-c3ccccn3)[c-]ccc12.[Ir]. The van der Waals surface area contributed by atoms with Crippen molar-refractivity contribution in [1.29, 1.82) is 0 Å². The Hall–Kier alpha value is -4.38. The minimum Gasteiger partial charge on any atom is -0.486 e. The van der Waals surface area contributed by atoms with Gasteiger partial charge in [0.25, 0.3) is 0 Å². The molecular formula is C35H26IrN4O-2. The van der Waals surface area contributed by atoms with Gasteiger partial charge < -0.3 is 14.0 Å². The van der Waals surface area contributed by atoms with Crippen molar-refractivity contribution < 1.29 is 24.5 Å². The molecule has 8 rings (SSSR count). The zero-order valence-corrected chi connectivity index (χ0v) is 25.2. The third-order valence-electron chi connectivity index (χ3n) is 7.34. The summed E-state index contributed by atoms with van der Waals surface area (Å²) in [7, 11) is 0. The summed E-state index contributed by atoms with van der Waals surface area (Å²) in [6.45, 7) is 6.35. The molecule has 1 aliphatic rings. The van der Waals surface area contributed by atoms with E-state index in [1.807, 2.05) is 67.6 Å². The predicted molar refractivity (Wildman–Crippen MR) is 161 cm³/mol. The van der Waals surface area contributed by atoms with Gasteiger partial charge in [-0.15, -0.1) is 54.1 Å². The standard InChI is InChI=1S/C18H15N2.C17H11N2O.Ir/c1-12-11-13(2)20-17-15(12)9-6-10-16(17)19-18(20)14-7-4-3-5-8-14;1-11-8-9-13-12-5-4-6-14(15-7-2-3-10-18-15)16(12)20-17(13)19-11;/h3-7,9-11,13H,1-2H3;2-5,7-10H,1H3;/q2*-1;. The first kappa shape index (κ1) is 26.8. The fourth-order valence-electron chi connectivity index (χ4n) is 5.53. The maximum atomic E-state index is 5.94. The van der Waals surface area contributed by atoms with Gasteiger partial charge in [-0.2, -0.15) is 0 Å². The minimum absolute atomic E-state index is 0. The molecule has 0 N–H and O–H groups in total. The fraction of sp³-hybridized carbons (Fsp3) is 0.114. The molecular weight excluding hydrogens is 685 g/mol. The number of fused-ring (bicyclic) bond motifs is 3. The Bertz CT molecular complexity index is 2040. The molecule has 6 heteroatoms. The molecule has 5 nitrogen and oxygen atoms in total. The van der Waals surface area contributed by atoms with Crippen LogP contribution in [0.1, 0.15) is 31.1 Å². The van der Waals surface area contributed by atoms with E-state index in [-0.39, 0.29) is 20.1 Å². The van der Waals surface area contributed by atoms with E-state index < -0.39 is 0 Å². The number of imidazole rings is 1. The first-order chi connectivity index (χ1) is 19.6. The molecule has 1 unspecified atom stereocenters. The number of rotatable bonds is 2. The average Bonchev–Trinajstić information content (AvgIpc) is 3.56. The molecule has 1 atom stereocenters. The second-order valence-electron chi connectivity index (χ2n) is 10.1. The van der Waals surface area contributed by atoms with E-state index in [2.05, 4.69) is 70.9 Å². The van der Waals surface area contributed by atoms with Crippen LogP contribution in [0.3, 0.4) is 0 Å². The minimum atomic E-state index is 0. The third-order valence-corrected chi connectivity index (χ3v) is 7.34. The Morgan fingerprint density at radius 3 is 2.51 bits per heavy atom. The topological polar surface area (TPSA) is 56.7 Å². The molecule has 0 aliphatic carbocycles. The summed E-state index contributed by atoms with van der Waals surface area (Å²) in [5.74, 6) is 1.00. The van der Waals surface area contributed by atoms with Gasteiger partial charge in [0.05, 0.1) is 22.4 Å². The molecule has 41 heavy (non-hydrogen) atoms. The number of nitrogens with zero attached hydrogens (tertiary/aromatic N) is 4. The largest absolute Gasteiger partial charge is 0.486 e. The quantitative estimate of drug-likeness (QED) is 0.169. The van der Waals surface area contributed by atoms with Gasteiger partial charge in [-0.25, -0.2) is 4.98 Å². The van der Waals surface area contributed by atoms with Gasteiger partial charge in [0, 0.05) is 49.0 Å². The Balaban J connectivity index is 0.000000144. The first-order valence-corrected chi connectivity index (χ1v) is 13.4. The number of aromatic nitrogens is 4. The van der Waals surface area contributed by atoms with Crippen molar-refractivity contribution in [3.05, 3.63) is 121 Å². The van der Waals surface area contributed by atoms with E-state index in [4.69, 9.17) is 9.40 Å². The van der Waals surface area contributed by atoms with Gasteiger partial charge in [0.15, 0.2) is 0 Å². The zero-order chi connectivity index (χ0) is 27.2. The van der Waals surface area contributed by atoms with Gasteiger partial charge in [0.1, 0.15) is 0 Å². The van der Waals surface area contributed by atoms with Crippen LogP contribution in [-0.4, -0.2) is 19.5 Å². The number of hydrogen-bond donors (Lipinski definition) is 0. The van der Waals surface area contributed by atoms with Crippen molar-refractivity contribution in [2.45, 2.75) is 26.8 Å². The van der Waals surface area contributed by atoms with Crippen LogP contribution in [0, 0.1) is 19.1 Å². The molecule has 5 heterocycles. The molecule has 0 saturated carbocycles. The molecule has 7 aromatic rings. The summed E-state index contributed by atoms with van der Waals surface area (Å²) in [6.07, 6.45) is 4.07. The fourth-order valence-corrected chi connectivity index (χ4v) is 5.53. The maximum absolute atomic E-state index is 5.94. The van der Waals surface area contributed by atoms with Gasteiger partial charge in [0.2, 0.25) is 5.71 Å². The van der Waals surface area contributed by atoms with E-state index in [0.717, 1.165) is 50.2 Å². The molecule has 3 aromatic carbocycles. The van der Waals surface area contributed by atoms with E-state index in [9.17, 15) is 0 Å². The van der Waals surface area contributed by atoms with Crippen molar-refractivity contribution in [2.24, 2.45) is 0 Å². The first-order valence-electron chi connectivity index (χ1n) is 13.4. The molecule has 0 fully saturated rings. The zero-order valence-electron chi connectivity index (χ0n) is 22.8. The van der Waals surface area contributed by atoms with Crippen LogP contribution in [0.25, 0.3) is 61.3 Å². The van der Waals surface area contributed by atoms with Gasteiger partial charge in [-0.05, 0) is 56.3 Å². The van der Waals surface area contributed by atoms with Crippen molar-refractivity contribution in [2.75, 3.05) is 0 Å². The van der Waals surface area contributed by atoms with E-state index >= 15 is 0 Å². The monoisotopic (exact) mass is 711 g/mol. The Kier molecular flexibility index (Phi) is 7.12. The molecule has 0 saturated heterocycles. The Morgan fingerprint density at radius 1 is 0.829 bits per heavy atom. The summed E-state index contributed by atoms with van der Waals surface area (Å²) >= 11 is 0. The van der Waals surface area contributed by atoms with Crippen molar-refractivity contribution in [3.8, 4) is 22.6 Å².